The van der Waals surface area contributed by atoms with Gasteiger partial charge < -0.3 is 9.80 Å². The summed E-state index contributed by atoms with van der Waals surface area (Å²) in [6, 6.07) is 6.71. The quantitative estimate of drug-likeness (QED) is 0.812. The summed E-state index contributed by atoms with van der Waals surface area (Å²) in [5.41, 5.74) is 0.635. The van der Waals surface area contributed by atoms with Gasteiger partial charge in [-0.2, -0.15) is 5.26 Å². The van der Waals surface area contributed by atoms with Crippen LogP contribution in [0.4, 0.5) is 5.82 Å². The first kappa shape index (κ1) is 12.4. The Balaban J connectivity index is 1.58. The van der Waals surface area contributed by atoms with Crippen LogP contribution in [0.15, 0.2) is 18.3 Å². The number of hydrogen-bond acceptors (Lipinski definition) is 4. The number of aromatic nitrogens is 1. The van der Waals surface area contributed by atoms with Gasteiger partial charge in [0.1, 0.15) is 11.9 Å². The molecule has 3 heterocycles. The van der Waals surface area contributed by atoms with Crippen molar-refractivity contribution in [2.75, 3.05) is 31.1 Å². The Morgan fingerprint density at radius 2 is 1.84 bits per heavy atom. The fourth-order valence-corrected chi connectivity index (χ4v) is 3.21. The molecule has 3 rings (SSSR count). The molecule has 2 saturated heterocycles. The lowest BCUT2D eigenvalue weighted by atomic mass is 10.0. The minimum Gasteiger partial charge on any atom is -0.357 e. The molecular weight excluding hydrogens is 236 g/mol. The zero-order chi connectivity index (χ0) is 13.1. The normalized spacial score (nSPS) is 21.5. The molecule has 1 aromatic heterocycles. The zero-order valence-corrected chi connectivity index (χ0v) is 11.3. The number of likely N-dealkylation sites (tertiary alicyclic amines) is 1. The third-order valence-corrected chi connectivity index (χ3v) is 4.32. The molecule has 0 N–H and O–H groups in total. The van der Waals surface area contributed by atoms with Crippen molar-refractivity contribution in [1.29, 1.82) is 5.26 Å². The van der Waals surface area contributed by atoms with Crippen molar-refractivity contribution >= 4 is 5.82 Å². The van der Waals surface area contributed by atoms with Gasteiger partial charge in [-0.05, 0) is 50.9 Å². The predicted molar refractivity (Wildman–Crippen MR) is 75.0 cm³/mol. The third-order valence-electron chi connectivity index (χ3n) is 4.32. The molecule has 0 spiro atoms. The second-order valence-corrected chi connectivity index (χ2v) is 5.48. The van der Waals surface area contributed by atoms with Crippen LogP contribution < -0.4 is 4.90 Å². The summed E-state index contributed by atoms with van der Waals surface area (Å²) in [6.45, 7) is 4.75. The van der Waals surface area contributed by atoms with Gasteiger partial charge in [-0.25, -0.2) is 4.98 Å². The standard InChI is InChI=1S/C15H20N4/c16-11-13-3-4-15(17-12-13)19-9-5-14(6-10-19)18-7-1-2-8-18/h3-4,12,14H,1-2,5-10H2. The van der Waals surface area contributed by atoms with Gasteiger partial charge in [0.05, 0.1) is 5.56 Å². The summed E-state index contributed by atoms with van der Waals surface area (Å²) in [5, 5.41) is 8.79. The van der Waals surface area contributed by atoms with E-state index in [9.17, 15) is 0 Å². The number of nitriles is 1. The molecule has 4 nitrogen and oxygen atoms in total. The van der Waals surface area contributed by atoms with Crippen LogP contribution in [-0.4, -0.2) is 42.1 Å². The lowest BCUT2D eigenvalue weighted by Crippen LogP contribution is -2.44. The van der Waals surface area contributed by atoms with Gasteiger partial charge in [-0.15, -0.1) is 0 Å². The summed E-state index contributed by atoms with van der Waals surface area (Å²) in [6.07, 6.45) is 6.89. The van der Waals surface area contributed by atoms with Crippen molar-refractivity contribution in [1.82, 2.24) is 9.88 Å². The van der Waals surface area contributed by atoms with Crippen molar-refractivity contribution in [3.63, 3.8) is 0 Å². The van der Waals surface area contributed by atoms with Crippen LogP contribution >= 0.6 is 0 Å². The maximum absolute atomic E-state index is 8.79. The molecule has 0 bridgehead atoms. The van der Waals surface area contributed by atoms with Crippen molar-refractivity contribution in [3.05, 3.63) is 23.9 Å². The van der Waals surface area contributed by atoms with Crippen LogP contribution in [0.3, 0.4) is 0 Å². The minimum absolute atomic E-state index is 0.635. The smallest absolute Gasteiger partial charge is 0.128 e. The molecule has 0 amide bonds. The number of pyridine rings is 1. The summed E-state index contributed by atoms with van der Waals surface area (Å²) in [5.74, 6) is 1.01. The molecule has 2 aliphatic heterocycles. The fraction of sp³-hybridized carbons (Fsp3) is 0.600. The third kappa shape index (κ3) is 2.71. The fourth-order valence-electron chi connectivity index (χ4n) is 3.21. The van der Waals surface area contributed by atoms with Gasteiger partial charge >= 0.3 is 0 Å². The number of hydrogen-bond donors (Lipinski definition) is 0. The first-order valence-electron chi connectivity index (χ1n) is 7.22. The van der Waals surface area contributed by atoms with E-state index in [0.29, 0.717) is 5.56 Å². The van der Waals surface area contributed by atoms with Crippen LogP contribution in [0.1, 0.15) is 31.2 Å². The Labute approximate surface area is 114 Å². The van der Waals surface area contributed by atoms with E-state index in [1.165, 1.54) is 38.8 Å². The van der Waals surface area contributed by atoms with Crippen LogP contribution in [-0.2, 0) is 0 Å². The van der Waals surface area contributed by atoms with Gasteiger partial charge in [-0.3, -0.25) is 0 Å². The average Bonchev–Trinajstić information content (AvgIpc) is 3.02. The second kappa shape index (κ2) is 5.58. The Morgan fingerprint density at radius 1 is 1.11 bits per heavy atom. The lowest BCUT2D eigenvalue weighted by Gasteiger charge is -2.37. The van der Waals surface area contributed by atoms with Gasteiger partial charge in [0, 0.05) is 25.3 Å². The molecule has 0 aliphatic carbocycles. The Morgan fingerprint density at radius 3 is 2.42 bits per heavy atom. The highest BCUT2D eigenvalue weighted by Gasteiger charge is 2.26. The highest BCUT2D eigenvalue weighted by molar-refractivity contribution is 5.42. The van der Waals surface area contributed by atoms with E-state index in [4.69, 9.17) is 5.26 Å². The number of anilines is 1. The van der Waals surface area contributed by atoms with Crippen molar-refractivity contribution in [2.45, 2.75) is 31.7 Å². The molecule has 0 saturated carbocycles. The Kier molecular flexibility index (Phi) is 3.65. The molecular formula is C15H20N4. The molecule has 100 valence electrons. The van der Waals surface area contributed by atoms with Gasteiger partial charge in [-0.1, -0.05) is 0 Å². The topological polar surface area (TPSA) is 43.2 Å². The van der Waals surface area contributed by atoms with E-state index in [1.54, 1.807) is 6.20 Å². The monoisotopic (exact) mass is 256 g/mol. The summed E-state index contributed by atoms with van der Waals surface area (Å²) >= 11 is 0. The summed E-state index contributed by atoms with van der Waals surface area (Å²) in [4.78, 5) is 9.38. The van der Waals surface area contributed by atoms with E-state index in [-0.39, 0.29) is 0 Å². The van der Waals surface area contributed by atoms with Crippen LogP contribution in [0.2, 0.25) is 0 Å². The predicted octanol–water partition coefficient (Wildman–Crippen LogP) is 2.02. The van der Waals surface area contributed by atoms with Gasteiger partial charge in [0.25, 0.3) is 0 Å². The van der Waals surface area contributed by atoms with E-state index >= 15 is 0 Å². The minimum atomic E-state index is 0.635. The van der Waals surface area contributed by atoms with Crippen molar-refractivity contribution < 1.29 is 0 Å². The van der Waals surface area contributed by atoms with E-state index in [0.717, 1.165) is 24.9 Å². The molecule has 0 unspecified atom stereocenters. The number of piperidine rings is 1. The van der Waals surface area contributed by atoms with Gasteiger partial charge in [0.2, 0.25) is 0 Å². The van der Waals surface area contributed by atoms with E-state index in [2.05, 4.69) is 20.9 Å². The first-order chi connectivity index (χ1) is 9.36. The molecule has 1 aromatic rings. The Hall–Kier alpha value is -1.60. The van der Waals surface area contributed by atoms with Gasteiger partial charge in [0.15, 0.2) is 0 Å². The zero-order valence-electron chi connectivity index (χ0n) is 11.3. The maximum atomic E-state index is 8.79. The van der Waals surface area contributed by atoms with E-state index in [1.807, 2.05) is 12.1 Å². The second-order valence-electron chi connectivity index (χ2n) is 5.48. The number of nitrogens with zero attached hydrogens (tertiary/aromatic N) is 4. The molecule has 0 aromatic carbocycles. The molecule has 2 aliphatic rings. The van der Waals surface area contributed by atoms with Crippen molar-refractivity contribution in [3.8, 4) is 6.07 Å². The van der Waals surface area contributed by atoms with Crippen LogP contribution in [0.5, 0.6) is 0 Å². The molecule has 0 atom stereocenters. The maximum Gasteiger partial charge on any atom is 0.128 e. The molecule has 2 fully saturated rings. The average molecular weight is 256 g/mol. The summed E-state index contributed by atoms with van der Waals surface area (Å²) < 4.78 is 0. The van der Waals surface area contributed by atoms with Crippen LogP contribution in [0.25, 0.3) is 0 Å². The molecule has 19 heavy (non-hydrogen) atoms. The largest absolute Gasteiger partial charge is 0.357 e. The molecule has 0 radical (unpaired) electrons. The SMILES string of the molecule is N#Cc1ccc(N2CCC(N3CCCC3)CC2)nc1. The van der Waals surface area contributed by atoms with Crippen molar-refractivity contribution in [2.24, 2.45) is 0 Å². The summed E-state index contributed by atoms with van der Waals surface area (Å²) in [7, 11) is 0. The van der Waals surface area contributed by atoms with E-state index < -0.39 is 0 Å². The highest BCUT2D eigenvalue weighted by atomic mass is 15.2. The lowest BCUT2D eigenvalue weighted by molar-refractivity contribution is 0.207. The number of rotatable bonds is 2. The van der Waals surface area contributed by atoms with Crippen LogP contribution in [0, 0.1) is 11.3 Å². The highest BCUT2D eigenvalue weighted by Crippen LogP contribution is 2.23. The molecule has 4 heteroatoms. The first-order valence-corrected chi connectivity index (χ1v) is 7.22. The Bertz CT molecular complexity index is 448.